The van der Waals surface area contributed by atoms with Gasteiger partial charge in [0.05, 0.1) is 5.56 Å². The minimum atomic E-state index is -4.45. The van der Waals surface area contributed by atoms with Crippen LogP contribution in [0.4, 0.5) is 18.9 Å². The highest BCUT2D eigenvalue weighted by molar-refractivity contribution is 7.98. The van der Waals surface area contributed by atoms with Gasteiger partial charge >= 0.3 is 6.18 Å². The lowest BCUT2D eigenvalue weighted by atomic mass is 10.2. The van der Waals surface area contributed by atoms with E-state index in [4.69, 9.17) is 10.5 Å². The number of alkyl halides is 3. The van der Waals surface area contributed by atoms with Crippen molar-refractivity contribution in [3.8, 4) is 11.5 Å². The van der Waals surface area contributed by atoms with E-state index < -0.39 is 11.7 Å². The Bertz CT molecular complexity index is 614. The van der Waals surface area contributed by atoms with Gasteiger partial charge in [0.15, 0.2) is 0 Å². The molecule has 6 heteroatoms. The third-order valence-corrected chi connectivity index (χ3v) is 3.33. The number of para-hydroxylation sites is 1. The predicted molar refractivity (Wildman–Crippen MR) is 74.2 cm³/mol. The summed E-state index contributed by atoms with van der Waals surface area (Å²) in [6, 6.07) is 10.3. The Morgan fingerprint density at radius 1 is 1.10 bits per heavy atom. The molecule has 0 fully saturated rings. The molecule has 0 aliphatic carbocycles. The fourth-order valence-electron chi connectivity index (χ4n) is 1.67. The second kappa shape index (κ2) is 5.66. The smallest absolute Gasteiger partial charge is 0.416 e. The summed E-state index contributed by atoms with van der Waals surface area (Å²) in [5.41, 5.74) is 4.68. The van der Waals surface area contributed by atoms with Crippen LogP contribution in [0.15, 0.2) is 47.4 Å². The highest BCUT2D eigenvalue weighted by Gasteiger charge is 2.31. The maximum Gasteiger partial charge on any atom is 0.416 e. The van der Waals surface area contributed by atoms with E-state index in [1.807, 2.05) is 18.4 Å². The van der Waals surface area contributed by atoms with Gasteiger partial charge in [0.2, 0.25) is 0 Å². The van der Waals surface area contributed by atoms with Crippen molar-refractivity contribution in [3.63, 3.8) is 0 Å². The standard InChI is InChI=1S/C14H12F3NOS/c1-20-13-5-3-2-4-12(13)19-11-7-9(14(15,16)17)6-10(18)8-11/h2-8H,18H2,1H3. The average Bonchev–Trinajstić information content (AvgIpc) is 2.37. The molecule has 2 rings (SSSR count). The monoisotopic (exact) mass is 299 g/mol. The lowest BCUT2D eigenvalue weighted by Gasteiger charge is -2.13. The molecule has 0 heterocycles. The normalized spacial score (nSPS) is 11.4. The summed E-state index contributed by atoms with van der Waals surface area (Å²) in [5, 5.41) is 0. The Kier molecular flexibility index (Phi) is 4.13. The van der Waals surface area contributed by atoms with Crippen molar-refractivity contribution in [2.24, 2.45) is 0 Å². The van der Waals surface area contributed by atoms with Crippen LogP contribution < -0.4 is 10.5 Å². The second-order valence-corrected chi connectivity index (χ2v) is 4.89. The van der Waals surface area contributed by atoms with Gasteiger partial charge in [-0.3, -0.25) is 0 Å². The Hall–Kier alpha value is -1.82. The molecule has 2 N–H and O–H groups in total. The van der Waals surface area contributed by atoms with E-state index in [9.17, 15) is 13.2 Å². The zero-order valence-electron chi connectivity index (χ0n) is 10.6. The quantitative estimate of drug-likeness (QED) is 0.653. The number of nitrogens with two attached hydrogens (primary N) is 1. The highest BCUT2D eigenvalue weighted by atomic mass is 32.2. The van der Waals surface area contributed by atoms with E-state index in [2.05, 4.69) is 0 Å². The van der Waals surface area contributed by atoms with Gasteiger partial charge < -0.3 is 10.5 Å². The minimum Gasteiger partial charge on any atom is -0.456 e. The number of thioether (sulfide) groups is 1. The fraction of sp³-hybridized carbons (Fsp3) is 0.143. The zero-order chi connectivity index (χ0) is 14.8. The van der Waals surface area contributed by atoms with Crippen LogP contribution >= 0.6 is 11.8 Å². The zero-order valence-corrected chi connectivity index (χ0v) is 11.4. The van der Waals surface area contributed by atoms with E-state index in [0.29, 0.717) is 5.75 Å². The summed E-state index contributed by atoms with van der Waals surface area (Å²) in [4.78, 5) is 0.837. The van der Waals surface area contributed by atoms with Gasteiger partial charge in [0.1, 0.15) is 11.5 Å². The van der Waals surface area contributed by atoms with E-state index >= 15 is 0 Å². The maximum atomic E-state index is 12.7. The first-order chi connectivity index (χ1) is 9.40. The first-order valence-electron chi connectivity index (χ1n) is 5.69. The van der Waals surface area contributed by atoms with Crippen molar-refractivity contribution in [2.45, 2.75) is 11.1 Å². The van der Waals surface area contributed by atoms with Crippen molar-refractivity contribution >= 4 is 17.4 Å². The fourth-order valence-corrected chi connectivity index (χ4v) is 2.20. The largest absolute Gasteiger partial charge is 0.456 e. The molecule has 0 atom stereocenters. The molecule has 0 saturated carbocycles. The molecule has 2 aromatic carbocycles. The molecule has 0 bridgehead atoms. The first kappa shape index (κ1) is 14.6. The minimum absolute atomic E-state index is 0.0106. The number of ether oxygens (including phenoxy) is 1. The number of nitrogen functional groups attached to an aromatic ring is 1. The van der Waals surface area contributed by atoms with Crippen LogP contribution in [0.2, 0.25) is 0 Å². The molecule has 106 valence electrons. The molecular formula is C14H12F3NOS. The lowest BCUT2D eigenvalue weighted by molar-refractivity contribution is -0.137. The van der Waals surface area contributed by atoms with Crippen molar-refractivity contribution in [2.75, 3.05) is 12.0 Å². The van der Waals surface area contributed by atoms with Crippen LogP contribution in [0.1, 0.15) is 5.56 Å². The van der Waals surface area contributed by atoms with Crippen molar-refractivity contribution in [3.05, 3.63) is 48.0 Å². The number of halogens is 3. The van der Waals surface area contributed by atoms with Gasteiger partial charge in [-0.1, -0.05) is 12.1 Å². The van der Waals surface area contributed by atoms with Crippen LogP contribution in [0, 0.1) is 0 Å². The van der Waals surface area contributed by atoms with E-state index in [-0.39, 0.29) is 11.4 Å². The summed E-state index contributed by atoms with van der Waals surface area (Å²) in [7, 11) is 0. The lowest BCUT2D eigenvalue weighted by Crippen LogP contribution is -2.06. The van der Waals surface area contributed by atoms with Gasteiger partial charge in [0, 0.05) is 16.6 Å². The van der Waals surface area contributed by atoms with Gasteiger partial charge in [0.25, 0.3) is 0 Å². The molecule has 2 nitrogen and oxygen atoms in total. The van der Waals surface area contributed by atoms with Gasteiger partial charge in [-0.2, -0.15) is 13.2 Å². The van der Waals surface area contributed by atoms with Crippen LogP contribution in [0.3, 0.4) is 0 Å². The summed E-state index contributed by atoms with van der Waals surface area (Å²) in [6.07, 6.45) is -2.59. The second-order valence-electron chi connectivity index (χ2n) is 4.04. The summed E-state index contributed by atoms with van der Waals surface area (Å²) < 4.78 is 43.7. The molecule has 0 aromatic heterocycles. The van der Waals surface area contributed by atoms with Crippen LogP contribution in [0.25, 0.3) is 0 Å². The molecular weight excluding hydrogens is 287 g/mol. The topological polar surface area (TPSA) is 35.2 Å². The Balaban J connectivity index is 2.36. The molecule has 0 unspecified atom stereocenters. The number of benzene rings is 2. The molecule has 20 heavy (non-hydrogen) atoms. The number of anilines is 1. The maximum absolute atomic E-state index is 12.7. The molecule has 0 spiro atoms. The molecule has 2 aromatic rings. The van der Waals surface area contributed by atoms with Crippen LogP contribution in [-0.4, -0.2) is 6.26 Å². The van der Waals surface area contributed by atoms with Gasteiger partial charge in [-0.05, 0) is 30.5 Å². The van der Waals surface area contributed by atoms with Crippen LogP contribution in [-0.2, 0) is 6.18 Å². The van der Waals surface area contributed by atoms with E-state index in [1.165, 1.54) is 17.8 Å². The van der Waals surface area contributed by atoms with Gasteiger partial charge in [-0.15, -0.1) is 11.8 Å². The molecule has 0 amide bonds. The van der Waals surface area contributed by atoms with Crippen molar-refractivity contribution in [1.29, 1.82) is 0 Å². The number of rotatable bonds is 3. The Labute approximate surface area is 118 Å². The number of hydrogen-bond donors (Lipinski definition) is 1. The molecule has 0 aliphatic heterocycles. The highest BCUT2D eigenvalue weighted by Crippen LogP contribution is 2.36. The van der Waals surface area contributed by atoms with E-state index in [0.717, 1.165) is 17.0 Å². The average molecular weight is 299 g/mol. The molecule has 0 radical (unpaired) electrons. The first-order valence-corrected chi connectivity index (χ1v) is 6.91. The SMILES string of the molecule is CSc1ccccc1Oc1cc(N)cc(C(F)(F)F)c1. The third kappa shape index (κ3) is 3.39. The Morgan fingerprint density at radius 2 is 1.80 bits per heavy atom. The van der Waals surface area contributed by atoms with E-state index in [1.54, 1.807) is 12.1 Å². The Morgan fingerprint density at radius 3 is 2.45 bits per heavy atom. The van der Waals surface area contributed by atoms with Crippen LogP contribution in [0.5, 0.6) is 11.5 Å². The van der Waals surface area contributed by atoms with Crippen molar-refractivity contribution in [1.82, 2.24) is 0 Å². The number of hydrogen-bond acceptors (Lipinski definition) is 3. The molecule has 0 aliphatic rings. The van der Waals surface area contributed by atoms with Crippen molar-refractivity contribution < 1.29 is 17.9 Å². The summed E-state index contributed by atoms with van der Waals surface area (Å²) in [6.45, 7) is 0. The molecule has 0 saturated heterocycles. The summed E-state index contributed by atoms with van der Waals surface area (Å²) in [5.74, 6) is 0.567. The third-order valence-electron chi connectivity index (χ3n) is 2.55. The summed E-state index contributed by atoms with van der Waals surface area (Å²) >= 11 is 1.45. The predicted octanol–water partition coefficient (Wildman–Crippen LogP) is 4.80. The van der Waals surface area contributed by atoms with Gasteiger partial charge in [-0.25, -0.2) is 0 Å².